The van der Waals surface area contributed by atoms with E-state index >= 15 is 0 Å². The molecule has 0 aromatic heterocycles. The first-order valence-corrected chi connectivity index (χ1v) is 16.4. The van der Waals surface area contributed by atoms with Gasteiger partial charge in [0.1, 0.15) is 6.34 Å². The lowest BCUT2D eigenvalue weighted by atomic mass is 9.87. The van der Waals surface area contributed by atoms with Crippen LogP contribution in [0.4, 0.5) is 0 Å². The Labute approximate surface area is 215 Å². The van der Waals surface area contributed by atoms with E-state index in [4.69, 9.17) is 11.8 Å². The molecule has 0 radical (unpaired) electrons. The van der Waals surface area contributed by atoms with Gasteiger partial charge in [-0.15, -0.1) is 0 Å². The van der Waals surface area contributed by atoms with E-state index in [1.807, 2.05) is 0 Å². The fourth-order valence-electron chi connectivity index (χ4n) is 5.08. The lowest BCUT2D eigenvalue weighted by Gasteiger charge is -2.44. The van der Waals surface area contributed by atoms with Gasteiger partial charge in [0.15, 0.2) is 0 Å². The topological polar surface area (TPSA) is 30.5 Å². The second-order valence-electron chi connectivity index (χ2n) is 12.8. The van der Waals surface area contributed by atoms with E-state index in [0.717, 1.165) is 13.1 Å². The van der Waals surface area contributed by atoms with Gasteiger partial charge >= 0.3 is 0 Å². The third kappa shape index (κ3) is 8.39. The molecule has 2 N–H and O–H groups in total. The highest BCUT2D eigenvalue weighted by Gasteiger charge is 2.37. The summed E-state index contributed by atoms with van der Waals surface area (Å²) in [4.78, 5) is 5.32. The second kappa shape index (κ2) is 12.3. The van der Waals surface area contributed by atoms with Crippen LogP contribution in [0.1, 0.15) is 80.1 Å². The minimum atomic E-state index is -2.23. The SMILES string of the molecule is CC(C)(C)[C@@H](CN1CCCCC1)NP(=S)(N[C@H](CN1CCCCC1)C(C)(C)C)c1ccccc1. The third-order valence-electron chi connectivity index (χ3n) is 7.66. The first-order chi connectivity index (χ1) is 16.0. The lowest BCUT2D eigenvalue weighted by molar-refractivity contribution is 0.161. The number of nitrogens with zero attached hydrogens (tertiary/aromatic N) is 2. The van der Waals surface area contributed by atoms with Gasteiger partial charge < -0.3 is 9.80 Å². The maximum Gasteiger partial charge on any atom is 0.102 e. The Balaban J connectivity index is 1.88. The highest BCUT2D eigenvalue weighted by atomic mass is 32.4. The maximum atomic E-state index is 6.65. The van der Waals surface area contributed by atoms with Crippen LogP contribution in [0.25, 0.3) is 0 Å². The van der Waals surface area contributed by atoms with Gasteiger partial charge in [-0.05, 0) is 62.7 Å². The maximum absolute atomic E-state index is 6.65. The summed E-state index contributed by atoms with van der Waals surface area (Å²) in [6.45, 7) is 21.2. The minimum Gasteiger partial charge on any atom is -0.302 e. The molecule has 2 atom stereocenters. The molecule has 0 bridgehead atoms. The molecule has 2 fully saturated rings. The van der Waals surface area contributed by atoms with Gasteiger partial charge in [-0.1, -0.05) is 96.5 Å². The molecule has 194 valence electrons. The van der Waals surface area contributed by atoms with E-state index < -0.39 is 6.34 Å². The van der Waals surface area contributed by atoms with Gasteiger partial charge in [0.05, 0.1) is 0 Å². The molecule has 34 heavy (non-hydrogen) atoms. The molecule has 1 aromatic rings. The number of piperidine rings is 2. The van der Waals surface area contributed by atoms with Crippen LogP contribution in [-0.4, -0.2) is 61.2 Å². The second-order valence-corrected chi connectivity index (χ2v) is 16.7. The van der Waals surface area contributed by atoms with Crippen molar-refractivity contribution in [3.8, 4) is 0 Å². The van der Waals surface area contributed by atoms with Gasteiger partial charge in [0.2, 0.25) is 0 Å². The zero-order valence-corrected chi connectivity index (χ0v) is 24.5. The Kier molecular flexibility index (Phi) is 10.2. The van der Waals surface area contributed by atoms with Gasteiger partial charge in [-0.2, -0.15) is 0 Å². The molecule has 3 rings (SSSR count). The molecule has 1 aromatic carbocycles. The van der Waals surface area contributed by atoms with Crippen molar-refractivity contribution in [1.82, 2.24) is 20.0 Å². The summed E-state index contributed by atoms with van der Waals surface area (Å²) in [5, 5.41) is 9.51. The average molecular weight is 507 g/mol. The van der Waals surface area contributed by atoms with Crippen molar-refractivity contribution in [1.29, 1.82) is 0 Å². The van der Waals surface area contributed by atoms with Crippen LogP contribution < -0.4 is 15.5 Å². The molecule has 4 nitrogen and oxygen atoms in total. The van der Waals surface area contributed by atoms with E-state index in [9.17, 15) is 0 Å². The normalized spacial score (nSPS) is 21.4. The predicted molar refractivity (Wildman–Crippen MR) is 154 cm³/mol. The van der Waals surface area contributed by atoms with Crippen LogP contribution in [0.3, 0.4) is 0 Å². The molecule has 2 aliphatic rings. The van der Waals surface area contributed by atoms with Crippen LogP contribution in [0.5, 0.6) is 0 Å². The fraction of sp³-hybridized carbons (Fsp3) is 0.786. The van der Waals surface area contributed by atoms with Gasteiger partial charge in [0, 0.05) is 30.5 Å². The summed E-state index contributed by atoms with van der Waals surface area (Å²) in [6, 6.07) is 11.5. The lowest BCUT2D eigenvalue weighted by Crippen LogP contribution is -2.55. The number of benzene rings is 1. The standard InChI is InChI=1S/C28H51N4PS/c1-27(2,3)25(22-31-18-12-8-13-19-31)29-33(34,24-16-10-7-11-17-24)30-26(28(4,5)6)23-32-20-14-9-15-21-32/h7,10-11,16-17,25-26H,8-9,12-15,18-23H2,1-6H3,(H2,29,30,34)/t25-,26-/m1/s1. The van der Waals surface area contributed by atoms with Crippen LogP contribution >= 0.6 is 6.34 Å². The summed E-state index contributed by atoms with van der Waals surface area (Å²) >= 11 is 6.65. The van der Waals surface area contributed by atoms with Crippen molar-refractivity contribution in [3.05, 3.63) is 30.3 Å². The Hall–Kier alpha value is -0.290. The summed E-state index contributed by atoms with van der Waals surface area (Å²) in [5.41, 5.74) is 0.254. The van der Waals surface area contributed by atoms with Crippen LogP contribution in [0.15, 0.2) is 30.3 Å². The predicted octanol–water partition coefficient (Wildman–Crippen LogP) is 5.60. The number of likely N-dealkylation sites (tertiary alicyclic amines) is 2. The van der Waals surface area contributed by atoms with Gasteiger partial charge in [-0.3, -0.25) is 10.2 Å². The van der Waals surface area contributed by atoms with E-state index in [0.29, 0.717) is 12.1 Å². The quantitative estimate of drug-likeness (QED) is 0.426. The van der Waals surface area contributed by atoms with Gasteiger partial charge in [0.25, 0.3) is 0 Å². The highest BCUT2D eigenvalue weighted by molar-refractivity contribution is 8.16. The Morgan fingerprint density at radius 2 is 1.09 bits per heavy atom. The minimum absolute atomic E-state index is 0.127. The zero-order chi connectivity index (χ0) is 24.8. The fourth-order valence-corrected chi connectivity index (χ4v) is 8.99. The van der Waals surface area contributed by atoms with Crippen LogP contribution in [0, 0.1) is 10.8 Å². The molecule has 0 unspecified atom stereocenters. The zero-order valence-electron chi connectivity index (χ0n) is 22.8. The Morgan fingerprint density at radius 3 is 1.44 bits per heavy atom. The van der Waals surface area contributed by atoms with Gasteiger partial charge in [-0.25, -0.2) is 0 Å². The van der Waals surface area contributed by atoms with E-state index in [2.05, 4.69) is 91.8 Å². The van der Waals surface area contributed by atoms with Crippen LogP contribution in [-0.2, 0) is 11.8 Å². The summed E-state index contributed by atoms with van der Waals surface area (Å²) < 4.78 is 0. The van der Waals surface area contributed by atoms with Crippen molar-refractivity contribution in [2.24, 2.45) is 10.8 Å². The summed E-state index contributed by atoms with van der Waals surface area (Å²) in [7, 11) is 0. The van der Waals surface area contributed by atoms with Crippen molar-refractivity contribution in [2.75, 3.05) is 39.3 Å². The largest absolute Gasteiger partial charge is 0.302 e. The smallest absolute Gasteiger partial charge is 0.102 e. The van der Waals surface area contributed by atoms with E-state index in [1.54, 1.807) is 0 Å². The molecule has 6 heteroatoms. The van der Waals surface area contributed by atoms with Crippen molar-refractivity contribution < 1.29 is 0 Å². The monoisotopic (exact) mass is 506 g/mol. The molecule has 2 saturated heterocycles. The highest BCUT2D eigenvalue weighted by Crippen LogP contribution is 2.42. The number of hydrogen-bond acceptors (Lipinski definition) is 3. The molecule has 2 heterocycles. The third-order valence-corrected chi connectivity index (χ3v) is 11.3. The first-order valence-electron chi connectivity index (χ1n) is 13.6. The van der Waals surface area contributed by atoms with Crippen LogP contribution in [0.2, 0.25) is 0 Å². The van der Waals surface area contributed by atoms with Crippen molar-refractivity contribution in [3.63, 3.8) is 0 Å². The number of rotatable bonds is 9. The molecular formula is C28H51N4PS. The summed E-state index contributed by atoms with van der Waals surface area (Å²) in [5.74, 6) is 0. The Morgan fingerprint density at radius 1 is 0.706 bits per heavy atom. The number of hydrogen-bond donors (Lipinski definition) is 2. The van der Waals surface area contributed by atoms with Crippen molar-refractivity contribution in [2.45, 2.75) is 92.2 Å². The first kappa shape index (κ1) is 28.3. The van der Waals surface area contributed by atoms with E-state index in [-0.39, 0.29) is 10.8 Å². The number of nitrogens with one attached hydrogen (secondary N) is 2. The molecular weight excluding hydrogens is 455 g/mol. The molecule has 0 aliphatic carbocycles. The molecule has 0 amide bonds. The molecule has 2 aliphatic heterocycles. The molecule has 0 spiro atoms. The summed E-state index contributed by atoms with van der Waals surface area (Å²) in [6.07, 6.45) is 5.81. The molecule has 0 saturated carbocycles. The van der Waals surface area contributed by atoms with E-state index in [1.165, 1.54) is 70.0 Å². The van der Waals surface area contributed by atoms with Crippen molar-refractivity contribution >= 4 is 23.5 Å². The average Bonchev–Trinajstić information content (AvgIpc) is 2.79. The Bertz CT molecular complexity index is 730.